The molecule has 4 rings (SSSR count). The second-order valence-corrected chi connectivity index (χ2v) is 7.80. The summed E-state index contributed by atoms with van der Waals surface area (Å²) in [5, 5.41) is 2.19. The first-order valence-corrected chi connectivity index (χ1v) is 10.3. The lowest BCUT2D eigenvalue weighted by molar-refractivity contribution is -0.122. The van der Waals surface area contributed by atoms with E-state index in [1.165, 1.54) is 12.1 Å². The van der Waals surface area contributed by atoms with Crippen LogP contribution < -0.4 is 15.0 Å². The van der Waals surface area contributed by atoms with E-state index >= 15 is 0 Å². The van der Waals surface area contributed by atoms with Crippen LogP contribution in [0.15, 0.2) is 82.8 Å². The Labute approximate surface area is 191 Å². The quantitative estimate of drug-likeness (QED) is 0.407. The highest BCUT2D eigenvalue weighted by Gasteiger charge is 2.36. The molecule has 1 N–H and O–H groups in total. The van der Waals surface area contributed by atoms with Crippen LogP contribution in [0.2, 0.25) is 0 Å². The van der Waals surface area contributed by atoms with Crippen molar-refractivity contribution < 1.29 is 23.5 Å². The Morgan fingerprint density at radius 2 is 1.62 bits per heavy atom. The summed E-state index contributed by atoms with van der Waals surface area (Å²) in [5.41, 5.74) is 1.16. The van der Waals surface area contributed by atoms with E-state index in [1.807, 2.05) is 0 Å². The molecule has 0 unspecified atom stereocenters. The number of carbonyl (C=O) groups excluding carboxylic acids is 3. The highest BCUT2D eigenvalue weighted by Crippen LogP contribution is 2.24. The molecule has 4 amide bonds. The number of nitrogens with zero attached hydrogens (tertiary/aromatic N) is 1. The zero-order valence-electron chi connectivity index (χ0n) is 16.5. The van der Waals surface area contributed by atoms with Crippen molar-refractivity contribution in [2.45, 2.75) is 6.61 Å². The van der Waals surface area contributed by atoms with Gasteiger partial charge in [0.2, 0.25) is 0 Å². The van der Waals surface area contributed by atoms with Crippen LogP contribution in [0.3, 0.4) is 0 Å². The van der Waals surface area contributed by atoms with Crippen LogP contribution in [-0.2, 0) is 16.2 Å². The van der Waals surface area contributed by atoms with Gasteiger partial charge in [-0.3, -0.25) is 14.9 Å². The summed E-state index contributed by atoms with van der Waals surface area (Å²) in [6, 6.07) is 18.7. The zero-order valence-corrected chi connectivity index (χ0v) is 18.1. The van der Waals surface area contributed by atoms with Gasteiger partial charge in [-0.15, -0.1) is 0 Å². The summed E-state index contributed by atoms with van der Waals surface area (Å²) < 4.78 is 20.1. The molecule has 8 heteroatoms. The fraction of sp³-hybridized carbons (Fsp3) is 0.0417. The molecule has 0 bridgehead atoms. The predicted molar refractivity (Wildman–Crippen MR) is 120 cm³/mol. The summed E-state index contributed by atoms with van der Waals surface area (Å²) in [6.07, 6.45) is 1.40. The number of imide groups is 2. The van der Waals surface area contributed by atoms with Crippen molar-refractivity contribution in [1.82, 2.24) is 5.32 Å². The van der Waals surface area contributed by atoms with Gasteiger partial charge in [-0.05, 0) is 54.1 Å². The first kappa shape index (κ1) is 21.5. The minimum atomic E-state index is -0.809. The van der Waals surface area contributed by atoms with Gasteiger partial charge >= 0.3 is 6.03 Å². The minimum absolute atomic E-state index is 0.0677. The summed E-state index contributed by atoms with van der Waals surface area (Å²) in [7, 11) is 0. The summed E-state index contributed by atoms with van der Waals surface area (Å²) in [6.45, 7) is 0.0677. The second kappa shape index (κ2) is 9.15. The number of halogens is 2. The van der Waals surface area contributed by atoms with E-state index in [4.69, 9.17) is 4.74 Å². The second-order valence-electron chi connectivity index (χ2n) is 6.88. The molecule has 6 nitrogen and oxygen atoms in total. The van der Waals surface area contributed by atoms with Gasteiger partial charge in [-0.25, -0.2) is 14.1 Å². The number of carbonyl (C=O) groups is 3. The molecule has 0 radical (unpaired) electrons. The zero-order chi connectivity index (χ0) is 22.7. The number of benzene rings is 3. The number of ether oxygens (including phenoxy) is 1. The molecule has 0 atom stereocenters. The number of barbiturate groups is 1. The summed E-state index contributed by atoms with van der Waals surface area (Å²) in [4.78, 5) is 38.3. The van der Waals surface area contributed by atoms with Gasteiger partial charge in [-0.2, -0.15) is 0 Å². The van der Waals surface area contributed by atoms with Crippen molar-refractivity contribution >= 4 is 45.5 Å². The van der Waals surface area contributed by atoms with E-state index in [0.717, 1.165) is 9.37 Å². The van der Waals surface area contributed by atoms with Crippen molar-refractivity contribution in [2.24, 2.45) is 0 Å². The van der Waals surface area contributed by atoms with Crippen LogP contribution >= 0.6 is 15.9 Å². The number of anilines is 1. The van der Waals surface area contributed by atoms with Crippen molar-refractivity contribution in [3.63, 3.8) is 0 Å². The Morgan fingerprint density at radius 3 is 2.31 bits per heavy atom. The molecular formula is C24H16BrFN2O4. The van der Waals surface area contributed by atoms with E-state index in [9.17, 15) is 18.8 Å². The Hall–Kier alpha value is -3.78. The third-order valence-electron chi connectivity index (χ3n) is 4.73. The molecule has 0 saturated carbocycles. The van der Waals surface area contributed by atoms with Crippen LogP contribution in [0, 0.1) is 5.82 Å². The predicted octanol–water partition coefficient (Wildman–Crippen LogP) is 4.83. The third kappa shape index (κ3) is 4.60. The van der Waals surface area contributed by atoms with Gasteiger partial charge in [0.25, 0.3) is 11.8 Å². The number of hydrogen-bond acceptors (Lipinski definition) is 4. The molecule has 160 valence electrons. The van der Waals surface area contributed by atoms with E-state index < -0.39 is 17.8 Å². The van der Waals surface area contributed by atoms with Crippen LogP contribution in [0.5, 0.6) is 5.75 Å². The highest BCUT2D eigenvalue weighted by atomic mass is 79.9. The van der Waals surface area contributed by atoms with Crippen LogP contribution in [-0.4, -0.2) is 17.8 Å². The molecule has 0 spiro atoms. The van der Waals surface area contributed by atoms with Crippen LogP contribution in [0.25, 0.3) is 6.08 Å². The molecule has 1 heterocycles. The molecule has 1 aliphatic rings. The lowest BCUT2D eigenvalue weighted by Gasteiger charge is -2.26. The Balaban J connectivity index is 1.52. The third-order valence-corrected chi connectivity index (χ3v) is 5.26. The lowest BCUT2D eigenvalue weighted by Crippen LogP contribution is -2.54. The van der Waals surface area contributed by atoms with Crippen molar-refractivity contribution in [3.05, 3.63) is 99.8 Å². The molecule has 0 aliphatic carbocycles. The number of hydrogen-bond donors (Lipinski definition) is 1. The van der Waals surface area contributed by atoms with E-state index in [0.29, 0.717) is 22.6 Å². The lowest BCUT2D eigenvalue weighted by atomic mass is 10.1. The maximum Gasteiger partial charge on any atom is 0.335 e. The van der Waals surface area contributed by atoms with Gasteiger partial charge in [0.1, 0.15) is 23.7 Å². The molecule has 1 fully saturated rings. The maximum absolute atomic E-state index is 13.7. The SMILES string of the molecule is O=C1NC(=O)N(c2ccc(Br)cc2)C(=O)C1=Cc1ccc(OCc2ccccc2F)cc1. The first-order chi connectivity index (χ1) is 15.4. The molecular weight excluding hydrogens is 479 g/mol. The average Bonchev–Trinajstić information content (AvgIpc) is 2.78. The molecule has 3 aromatic rings. The number of urea groups is 1. The monoisotopic (exact) mass is 494 g/mol. The number of rotatable bonds is 5. The average molecular weight is 495 g/mol. The Kier molecular flexibility index (Phi) is 6.13. The standard InChI is InChI=1S/C24H16BrFN2O4/c25-17-7-9-18(10-8-17)28-23(30)20(22(29)27-24(28)31)13-15-5-11-19(12-6-15)32-14-16-3-1-2-4-21(16)26/h1-13H,14H2,(H,27,29,31). The highest BCUT2D eigenvalue weighted by molar-refractivity contribution is 9.10. The van der Waals surface area contributed by atoms with E-state index in [1.54, 1.807) is 66.7 Å². The Morgan fingerprint density at radius 1 is 0.938 bits per heavy atom. The van der Waals surface area contributed by atoms with E-state index in [-0.39, 0.29) is 18.0 Å². The molecule has 0 aromatic heterocycles. The first-order valence-electron chi connectivity index (χ1n) is 9.55. The van der Waals surface area contributed by atoms with Gasteiger partial charge in [0.05, 0.1) is 5.69 Å². The minimum Gasteiger partial charge on any atom is -0.489 e. The molecule has 32 heavy (non-hydrogen) atoms. The van der Waals surface area contributed by atoms with Gasteiger partial charge < -0.3 is 4.74 Å². The van der Waals surface area contributed by atoms with Crippen LogP contribution in [0.1, 0.15) is 11.1 Å². The molecule has 1 aliphatic heterocycles. The maximum atomic E-state index is 13.7. The van der Waals surface area contributed by atoms with Gasteiger partial charge in [0, 0.05) is 10.0 Å². The Bertz CT molecular complexity index is 1220. The number of nitrogens with one attached hydrogen (secondary N) is 1. The topological polar surface area (TPSA) is 75.7 Å². The largest absolute Gasteiger partial charge is 0.489 e. The normalized spacial score (nSPS) is 15.1. The fourth-order valence-electron chi connectivity index (χ4n) is 3.09. The summed E-state index contributed by atoms with van der Waals surface area (Å²) >= 11 is 3.30. The van der Waals surface area contributed by atoms with Gasteiger partial charge in [-0.1, -0.05) is 46.3 Å². The molecule has 1 saturated heterocycles. The smallest absolute Gasteiger partial charge is 0.335 e. The van der Waals surface area contributed by atoms with Crippen molar-refractivity contribution in [1.29, 1.82) is 0 Å². The fourth-order valence-corrected chi connectivity index (χ4v) is 3.35. The summed E-state index contributed by atoms with van der Waals surface area (Å²) in [5.74, 6) is -1.34. The molecule has 3 aromatic carbocycles. The van der Waals surface area contributed by atoms with E-state index in [2.05, 4.69) is 21.2 Å². The van der Waals surface area contributed by atoms with Crippen molar-refractivity contribution in [3.8, 4) is 5.75 Å². The number of amides is 4. The van der Waals surface area contributed by atoms with Crippen LogP contribution in [0.4, 0.5) is 14.9 Å². The van der Waals surface area contributed by atoms with Gasteiger partial charge in [0.15, 0.2) is 0 Å². The van der Waals surface area contributed by atoms with Crippen molar-refractivity contribution in [2.75, 3.05) is 4.90 Å².